The zero-order valence-corrected chi connectivity index (χ0v) is 17.1. The van der Waals surface area contributed by atoms with Crippen molar-refractivity contribution in [2.45, 2.75) is 27.3 Å². The fourth-order valence-electron chi connectivity index (χ4n) is 3.47. The minimum absolute atomic E-state index is 0.504. The van der Waals surface area contributed by atoms with Crippen molar-refractivity contribution in [3.05, 3.63) is 83.8 Å². The third-order valence-corrected chi connectivity index (χ3v) is 5.30. The fourth-order valence-corrected chi connectivity index (χ4v) is 3.47. The molecule has 0 saturated heterocycles. The molecule has 30 heavy (non-hydrogen) atoms. The molecule has 0 unspecified atom stereocenters. The molecule has 0 fully saturated rings. The molecule has 2 aromatic carbocycles. The van der Waals surface area contributed by atoms with Crippen molar-refractivity contribution in [1.82, 2.24) is 24.7 Å². The average Bonchev–Trinajstić information content (AvgIpc) is 3.36. The van der Waals surface area contributed by atoms with Crippen LogP contribution in [-0.4, -0.2) is 24.7 Å². The number of hydrogen-bond acceptors (Lipinski definition) is 5. The number of pyridine rings is 1. The van der Waals surface area contributed by atoms with E-state index in [2.05, 4.69) is 71.5 Å². The van der Waals surface area contributed by atoms with E-state index in [1.165, 1.54) is 22.3 Å². The van der Waals surface area contributed by atoms with Crippen LogP contribution < -0.4 is 0 Å². The molecule has 0 spiro atoms. The van der Waals surface area contributed by atoms with Crippen LogP contribution in [0.1, 0.15) is 22.9 Å². The summed E-state index contributed by atoms with van der Waals surface area (Å²) in [5.41, 5.74) is 7.70. The number of benzene rings is 2. The minimum Gasteiger partial charge on any atom is -0.424 e. The first-order valence-corrected chi connectivity index (χ1v) is 9.86. The lowest BCUT2D eigenvalue weighted by atomic mass is 9.99. The van der Waals surface area contributed by atoms with Gasteiger partial charge in [0.2, 0.25) is 11.8 Å². The first-order chi connectivity index (χ1) is 14.5. The normalized spacial score (nSPS) is 11.3. The number of aryl methyl sites for hydroxylation is 3. The molecule has 0 saturated carbocycles. The Hall–Kier alpha value is -3.80. The summed E-state index contributed by atoms with van der Waals surface area (Å²) in [6, 6.07) is 16.9. The van der Waals surface area contributed by atoms with E-state index in [1.807, 2.05) is 23.0 Å². The molecule has 0 amide bonds. The molecule has 0 bridgehead atoms. The predicted octanol–water partition coefficient (Wildman–Crippen LogP) is 5.07. The Labute approximate surface area is 174 Å². The largest absolute Gasteiger partial charge is 0.424 e. The summed E-state index contributed by atoms with van der Waals surface area (Å²) in [5.74, 6) is 1.85. The van der Waals surface area contributed by atoms with Gasteiger partial charge in [0, 0.05) is 24.9 Å². The maximum absolute atomic E-state index is 5.46. The van der Waals surface area contributed by atoms with E-state index in [0.717, 1.165) is 22.8 Å². The summed E-state index contributed by atoms with van der Waals surface area (Å²) in [6.45, 7) is 6.56. The van der Waals surface area contributed by atoms with Crippen LogP contribution in [0.25, 0.3) is 33.9 Å². The van der Waals surface area contributed by atoms with Crippen LogP contribution in [0.2, 0.25) is 0 Å². The number of fused-ring (bicyclic) bond motifs is 1. The molecule has 6 heteroatoms. The molecule has 5 rings (SSSR count). The molecule has 2 aliphatic rings. The van der Waals surface area contributed by atoms with Gasteiger partial charge in [-0.05, 0) is 42.2 Å². The number of rotatable bonds is 4. The van der Waals surface area contributed by atoms with Gasteiger partial charge in [-0.25, -0.2) is 9.97 Å². The number of nitrogens with zero attached hydrogens (tertiary/aromatic N) is 5. The van der Waals surface area contributed by atoms with Gasteiger partial charge in [-0.2, -0.15) is 0 Å². The smallest absolute Gasteiger partial charge is 0.236 e. The Bertz CT molecular complexity index is 1300. The highest BCUT2D eigenvalue weighted by Crippen LogP contribution is 2.28. The van der Waals surface area contributed by atoms with Gasteiger partial charge in [-0.3, -0.25) is 0 Å². The maximum atomic E-state index is 5.46. The predicted molar refractivity (Wildman–Crippen MR) is 115 cm³/mol. The van der Waals surface area contributed by atoms with E-state index >= 15 is 0 Å². The standard InChI is InChI=1S/C24H21N5O/c1-15-4-5-20(12-16(15)2)18-6-8-19(9-7-18)24-25-21-10-11-29(13-22(21)26-24)14-23-28-27-17(3)30-23/h4-13H,14H2,1-3H3. The molecule has 148 valence electrons. The van der Waals surface area contributed by atoms with Crippen LogP contribution in [0.3, 0.4) is 0 Å². The van der Waals surface area contributed by atoms with Gasteiger partial charge in [0.05, 0.1) is 5.69 Å². The molecular formula is C24H21N5O. The number of hydrogen-bond donors (Lipinski definition) is 0. The first kappa shape index (κ1) is 18.2. The van der Waals surface area contributed by atoms with Gasteiger partial charge in [-0.15, -0.1) is 10.2 Å². The maximum Gasteiger partial charge on any atom is 0.236 e. The lowest BCUT2D eigenvalue weighted by Crippen LogP contribution is -2.01. The van der Waals surface area contributed by atoms with Crippen molar-refractivity contribution in [2.24, 2.45) is 0 Å². The van der Waals surface area contributed by atoms with Crippen LogP contribution >= 0.6 is 0 Å². The van der Waals surface area contributed by atoms with Crippen molar-refractivity contribution in [2.75, 3.05) is 0 Å². The van der Waals surface area contributed by atoms with Crippen LogP contribution in [-0.2, 0) is 6.54 Å². The Morgan fingerprint density at radius 3 is 2.23 bits per heavy atom. The average molecular weight is 395 g/mol. The van der Waals surface area contributed by atoms with E-state index in [9.17, 15) is 0 Å². The van der Waals surface area contributed by atoms with Crippen molar-refractivity contribution >= 4 is 0 Å². The second-order valence-electron chi connectivity index (χ2n) is 7.53. The Kier molecular flexibility index (Phi) is 4.39. The summed E-state index contributed by atoms with van der Waals surface area (Å²) >= 11 is 0. The first-order valence-electron chi connectivity index (χ1n) is 9.86. The lowest BCUT2D eigenvalue weighted by molar-refractivity contribution is 0.454. The molecule has 3 heterocycles. The third kappa shape index (κ3) is 3.48. The van der Waals surface area contributed by atoms with E-state index in [0.29, 0.717) is 18.3 Å². The number of imidazole rings is 1. The van der Waals surface area contributed by atoms with Crippen molar-refractivity contribution in [3.63, 3.8) is 0 Å². The van der Waals surface area contributed by atoms with Gasteiger partial charge in [0.25, 0.3) is 0 Å². The quantitative estimate of drug-likeness (QED) is 0.425. The molecule has 0 N–H and O–H groups in total. The summed E-state index contributed by atoms with van der Waals surface area (Å²) in [4.78, 5) is 9.41. The van der Waals surface area contributed by atoms with Gasteiger partial charge in [0.1, 0.15) is 12.2 Å². The van der Waals surface area contributed by atoms with Crippen molar-refractivity contribution < 1.29 is 4.42 Å². The number of aromatic nitrogens is 5. The zero-order chi connectivity index (χ0) is 20.7. The summed E-state index contributed by atoms with van der Waals surface area (Å²) in [6.07, 6.45) is 3.90. The lowest BCUT2D eigenvalue weighted by Gasteiger charge is -2.06. The van der Waals surface area contributed by atoms with Crippen molar-refractivity contribution in [3.8, 4) is 33.9 Å². The monoisotopic (exact) mass is 395 g/mol. The van der Waals surface area contributed by atoms with Gasteiger partial charge in [0.15, 0.2) is 5.82 Å². The van der Waals surface area contributed by atoms with E-state index in [-0.39, 0.29) is 0 Å². The second-order valence-corrected chi connectivity index (χ2v) is 7.53. The van der Waals surface area contributed by atoms with E-state index in [1.54, 1.807) is 6.92 Å². The molecule has 0 atom stereocenters. The topological polar surface area (TPSA) is 69.6 Å². The van der Waals surface area contributed by atoms with Crippen LogP contribution in [0.5, 0.6) is 0 Å². The van der Waals surface area contributed by atoms with Crippen LogP contribution in [0.4, 0.5) is 0 Å². The highest BCUT2D eigenvalue weighted by Gasteiger charge is 2.14. The molecular weight excluding hydrogens is 374 g/mol. The molecule has 2 aliphatic heterocycles. The van der Waals surface area contributed by atoms with Gasteiger partial charge < -0.3 is 8.98 Å². The minimum atomic E-state index is 0.504. The van der Waals surface area contributed by atoms with Gasteiger partial charge >= 0.3 is 0 Å². The van der Waals surface area contributed by atoms with Gasteiger partial charge in [-0.1, -0.05) is 42.5 Å². The second kappa shape index (κ2) is 7.22. The summed E-state index contributed by atoms with van der Waals surface area (Å²) in [7, 11) is 0. The SMILES string of the molecule is Cc1nnc(Cn2ccc3nc(-c4ccc(-c5ccc(C)c(C)c5)cc4)nc-3c2)o1. The van der Waals surface area contributed by atoms with E-state index in [4.69, 9.17) is 9.40 Å². The third-order valence-electron chi connectivity index (χ3n) is 5.30. The Morgan fingerprint density at radius 2 is 1.50 bits per heavy atom. The van der Waals surface area contributed by atoms with Crippen LogP contribution in [0.15, 0.2) is 65.3 Å². The molecule has 0 aliphatic carbocycles. The summed E-state index contributed by atoms with van der Waals surface area (Å²) in [5, 5.41) is 7.91. The molecule has 6 nitrogen and oxygen atoms in total. The Morgan fingerprint density at radius 1 is 0.767 bits per heavy atom. The zero-order valence-electron chi connectivity index (χ0n) is 17.1. The highest BCUT2D eigenvalue weighted by molar-refractivity contribution is 5.71. The highest BCUT2D eigenvalue weighted by atomic mass is 16.4. The fraction of sp³-hybridized carbons (Fsp3) is 0.167. The van der Waals surface area contributed by atoms with E-state index < -0.39 is 0 Å². The molecule has 1 aromatic heterocycles. The summed E-state index contributed by atoms with van der Waals surface area (Å²) < 4.78 is 7.43. The molecule has 0 radical (unpaired) electrons. The van der Waals surface area contributed by atoms with Crippen molar-refractivity contribution in [1.29, 1.82) is 0 Å². The molecule has 3 aromatic rings. The Balaban J connectivity index is 1.41. The van der Waals surface area contributed by atoms with Crippen LogP contribution in [0, 0.1) is 20.8 Å².